The van der Waals surface area contributed by atoms with Crippen molar-refractivity contribution in [3.8, 4) is 11.4 Å². The van der Waals surface area contributed by atoms with Gasteiger partial charge in [0, 0.05) is 29.7 Å². The first kappa shape index (κ1) is 16.7. The molecule has 7 heteroatoms. The number of hydrogen-bond donors (Lipinski definition) is 2. The molecule has 2 aromatic carbocycles. The molecule has 27 heavy (non-hydrogen) atoms. The number of rotatable bonds is 4. The van der Waals surface area contributed by atoms with Crippen molar-refractivity contribution in [3.05, 3.63) is 77.9 Å². The van der Waals surface area contributed by atoms with Gasteiger partial charge < -0.3 is 10.4 Å². The summed E-state index contributed by atoms with van der Waals surface area (Å²) in [6.45, 7) is 2.10. The van der Waals surface area contributed by atoms with E-state index in [4.69, 9.17) is 0 Å². The fourth-order valence-corrected chi connectivity index (χ4v) is 2.99. The van der Waals surface area contributed by atoms with E-state index in [1.54, 1.807) is 35.3 Å². The highest BCUT2D eigenvalue weighted by atomic mass is 16.3. The van der Waals surface area contributed by atoms with E-state index < -0.39 is 0 Å². The lowest BCUT2D eigenvalue weighted by atomic mass is 10.1. The minimum Gasteiger partial charge on any atom is -0.508 e. The molecular weight excluding hydrogens is 342 g/mol. The lowest BCUT2D eigenvalue weighted by Gasteiger charge is -2.08. The van der Waals surface area contributed by atoms with Crippen LogP contribution in [-0.2, 0) is 6.54 Å². The molecule has 0 aliphatic carbocycles. The average molecular weight is 359 g/mol. The molecule has 0 aliphatic rings. The van der Waals surface area contributed by atoms with Crippen molar-refractivity contribution < 1.29 is 9.90 Å². The van der Waals surface area contributed by atoms with Crippen molar-refractivity contribution >= 4 is 16.7 Å². The van der Waals surface area contributed by atoms with Crippen LogP contribution in [-0.4, -0.2) is 31.0 Å². The van der Waals surface area contributed by atoms with Gasteiger partial charge in [-0.25, -0.2) is 4.68 Å². The van der Waals surface area contributed by atoms with E-state index in [0.717, 1.165) is 22.0 Å². The van der Waals surface area contributed by atoms with Gasteiger partial charge in [0.05, 0.1) is 11.4 Å². The number of pyridine rings is 1. The van der Waals surface area contributed by atoms with Gasteiger partial charge in [0.25, 0.3) is 5.91 Å². The predicted octanol–water partition coefficient (Wildman–Crippen LogP) is 2.76. The summed E-state index contributed by atoms with van der Waals surface area (Å²) in [4.78, 5) is 16.7. The van der Waals surface area contributed by atoms with Crippen LogP contribution in [0, 0.1) is 6.92 Å². The van der Waals surface area contributed by atoms with E-state index in [9.17, 15) is 9.90 Å². The van der Waals surface area contributed by atoms with E-state index in [1.165, 1.54) is 0 Å². The van der Waals surface area contributed by atoms with Crippen LogP contribution in [0.5, 0.6) is 5.75 Å². The molecule has 0 saturated carbocycles. The monoisotopic (exact) mass is 359 g/mol. The maximum atomic E-state index is 12.5. The zero-order valence-electron chi connectivity index (χ0n) is 14.6. The van der Waals surface area contributed by atoms with Gasteiger partial charge in [0.2, 0.25) is 0 Å². The van der Waals surface area contributed by atoms with E-state index in [-0.39, 0.29) is 17.4 Å². The predicted molar refractivity (Wildman–Crippen MR) is 101 cm³/mol. The third-order valence-electron chi connectivity index (χ3n) is 4.36. The summed E-state index contributed by atoms with van der Waals surface area (Å²) in [5.41, 5.74) is 2.55. The standard InChI is InChI=1S/C20H17N5O2/c1-13-19(20(27)22-11-14-4-2-6-16(26)10-14)23-24-25(13)18-7-3-5-15-12-21-9-8-17(15)18/h2-10,12,26H,11H2,1H3,(H,22,27). The van der Waals surface area contributed by atoms with Crippen LogP contribution in [0.25, 0.3) is 16.5 Å². The second-order valence-electron chi connectivity index (χ2n) is 6.16. The average Bonchev–Trinajstić information content (AvgIpc) is 3.07. The van der Waals surface area contributed by atoms with Gasteiger partial charge >= 0.3 is 0 Å². The summed E-state index contributed by atoms with van der Waals surface area (Å²) in [6.07, 6.45) is 3.51. The van der Waals surface area contributed by atoms with Crippen molar-refractivity contribution in [1.82, 2.24) is 25.3 Å². The van der Waals surface area contributed by atoms with Gasteiger partial charge in [0.15, 0.2) is 5.69 Å². The number of phenolic OH excluding ortho intramolecular Hbond substituents is 1. The molecule has 0 unspecified atom stereocenters. The zero-order chi connectivity index (χ0) is 18.8. The molecule has 0 fully saturated rings. The minimum absolute atomic E-state index is 0.161. The Bertz CT molecular complexity index is 1130. The first-order chi connectivity index (χ1) is 13.1. The second-order valence-corrected chi connectivity index (χ2v) is 6.16. The zero-order valence-corrected chi connectivity index (χ0v) is 14.6. The maximum absolute atomic E-state index is 12.5. The van der Waals surface area contributed by atoms with Gasteiger partial charge in [0.1, 0.15) is 5.75 Å². The molecule has 0 saturated heterocycles. The van der Waals surface area contributed by atoms with Crippen LogP contribution >= 0.6 is 0 Å². The molecule has 1 amide bonds. The van der Waals surface area contributed by atoms with E-state index >= 15 is 0 Å². The fourth-order valence-electron chi connectivity index (χ4n) is 2.99. The maximum Gasteiger partial charge on any atom is 0.274 e. The molecule has 7 nitrogen and oxygen atoms in total. The van der Waals surface area contributed by atoms with Crippen LogP contribution in [0.3, 0.4) is 0 Å². The van der Waals surface area contributed by atoms with E-state index in [0.29, 0.717) is 12.2 Å². The number of nitrogens with zero attached hydrogens (tertiary/aromatic N) is 4. The van der Waals surface area contributed by atoms with Gasteiger partial charge in [-0.2, -0.15) is 0 Å². The van der Waals surface area contributed by atoms with Crippen molar-refractivity contribution in [2.24, 2.45) is 0 Å². The Hall–Kier alpha value is -3.74. The number of fused-ring (bicyclic) bond motifs is 1. The molecule has 4 rings (SSSR count). The van der Waals surface area contributed by atoms with Crippen molar-refractivity contribution in [2.45, 2.75) is 13.5 Å². The first-order valence-corrected chi connectivity index (χ1v) is 8.45. The number of carbonyl (C=O) groups is 1. The number of carbonyl (C=O) groups excluding carboxylic acids is 1. The molecule has 0 spiro atoms. The first-order valence-electron chi connectivity index (χ1n) is 8.45. The van der Waals surface area contributed by atoms with Gasteiger partial charge in [-0.3, -0.25) is 9.78 Å². The second kappa shape index (κ2) is 6.87. The molecular formula is C20H17N5O2. The molecule has 0 radical (unpaired) electrons. The Morgan fingerprint density at radius 1 is 1.19 bits per heavy atom. The van der Waals surface area contributed by atoms with Crippen LogP contribution in [0.4, 0.5) is 0 Å². The molecule has 2 N–H and O–H groups in total. The summed E-state index contributed by atoms with van der Waals surface area (Å²) < 4.78 is 1.66. The lowest BCUT2D eigenvalue weighted by molar-refractivity contribution is 0.0945. The Morgan fingerprint density at radius 3 is 2.89 bits per heavy atom. The molecule has 0 bridgehead atoms. The Kier molecular flexibility index (Phi) is 4.25. The number of amides is 1. The quantitative estimate of drug-likeness (QED) is 0.584. The van der Waals surface area contributed by atoms with E-state index in [1.807, 2.05) is 37.3 Å². The molecule has 2 aromatic heterocycles. The third-order valence-corrected chi connectivity index (χ3v) is 4.36. The normalized spacial score (nSPS) is 10.9. The highest BCUT2D eigenvalue weighted by Crippen LogP contribution is 2.22. The molecule has 0 atom stereocenters. The van der Waals surface area contributed by atoms with Crippen LogP contribution in [0.2, 0.25) is 0 Å². The molecule has 134 valence electrons. The topological polar surface area (TPSA) is 92.9 Å². The molecule has 0 aliphatic heterocycles. The molecule has 2 heterocycles. The Morgan fingerprint density at radius 2 is 2.04 bits per heavy atom. The van der Waals surface area contributed by atoms with Crippen LogP contribution in [0.15, 0.2) is 60.9 Å². The largest absolute Gasteiger partial charge is 0.508 e. The number of phenols is 1. The summed E-state index contributed by atoms with van der Waals surface area (Å²) in [7, 11) is 0. The highest BCUT2D eigenvalue weighted by molar-refractivity contribution is 5.94. The Labute approximate surface area is 155 Å². The number of aromatic hydroxyl groups is 1. The number of hydrogen-bond acceptors (Lipinski definition) is 5. The Balaban J connectivity index is 1.61. The van der Waals surface area contributed by atoms with Crippen LogP contribution < -0.4 is 5.32 Å². The van der Waals surface area contributed by atoms with E-state index in [2.05, 4.69) is 20.6 Å². The summed E-state index contributed by atoms with van der Waals surface area (Å²) in [5, 5.41) is 22.5. The molecule has 4 aromatic rings. The van der Waals surface area contributed by atoms with Crippen molar-refractivity contribution in [1.29, 1.82) is 0 Å². The summed E-state index contributed by atoms with van der Waals surface area (Å²) in [5.74, 6) is -0.154. The number of nitrogens with one attached hydrogen (secondary N) is 1. The van der Waals surface area contributed by atoms with Gasteiger partial charge in [-0.05, 0) is 36.8 Å². The summed E-state index contributed by atoms with van der Waals surface area (Å²) in [6, 6.07) is 14.5. The fraction of sp³-hybridized carbons (Fsp3) is 0.100. The van der Waals surface area contributed by atoms with Crippen molar-refractivity contribution in [3.63, 3.8) is 0 Å². The van der Waals surface area contributed by atoms with Gasteiger partial charge in [-0.1, -0.05) is 29.5 Å². The number of benzene rings is 2. The van der Waals surface area contributed by atoms with Crippen LogP contribution in [0.1, 0.15) is 21.7 Å². The summed E-state index contributed by atoms with van der Waals surface area (Å²) >= 11 is 0. The number of aromatic nitrogens is 4. The SMILES string of the molecule is Cc1c(C(=O)NCc2cccc(O)c2)nnn1-c1cccc2cnccc12. The smallest absolute Gasteiger partial charge is 0.274 e. The third kappa shape index (κ3) is 3.22. The highest BCUT2D eigenvalue weighted by Gasteiger charge is 2.18. The van der Waals surface area contributed by atoms with Gasteiger partial charge in [-0.15, -0.1) is 5.10 Å². The lowest BCUT2D eigenvalue weighted by Crippen LogP contribution is -2.24. The minimum atomic E-state index is -0.316. The van der Waals surface area contributed by atoms with Crippen molar-refractivity contribution in [2.75, 3.05) is 0 Å².